The van der Waals surface area contributed by atoms with Gasteiger partial charge in [0.15, 0.2) is 0 Å². The molecule has 0 aliphatic heterocycles. The molecular formula is C18H13Cl2N5S. The van der Waals surface area contributed by atoms with Crippen LogP contribution in [0.25, 0.3) is 0 Å². The normalized spacial score (nSPS) is 11.2. The Labute approximate surface area is 164 Å². The first kappa shape index (κ1) is 18.2. The quantitative estimate of drug-likeness (QED) is 0.459. The molecule has 3 rings (SSSR count). The van der Waals surface area contributed by atoms with Gasteiger partial charge in [-0.3, -0.25) is 5.41 Å². The smallest absolute Gasteiger partial charge is 0.223 e. The Morgan fingerprint density at radius 1 is 1.15 bits per heavy atom. The molecule has 0 spiro atoms. The van der Waals surface area contributed by atoms with Crippen molar-refractivity contribution in [2.24, 2.45) is 4.99 Å². The van der Waals surface area contributed by atoms with Crippen molar-refractivity contribution < 1.29 is 0 Å². The van der Waals surface area contributed by atoms with E-state index >= 15 is 0 Å². The maximum Gasteiger partial charge on any atom is 0.223 e. The Bertz CT molecular complexity index is 1070. The number of aliphatic imine (C=N–C) groups is 1. The number of hydrogen-bond donors (Lipinski definition) is 2. The van der Waals surface area contributed by atoms with Crippen molar-refractivity contribution in [3.8, 4) is 6.07 Å². The second-order valence-corrected chi connectivity index (χ2v) is 7.38. The lowest BCUT2D eigenvalue weighted by molar-refractivity contribution is 1.07. The van der Waals surface area contributed by atoms with Crippen LogP contribution in [0, 0.1) is 23.7 Å². The summed E-state index contributed by atoms with van der Waals surface area (Å²) in [4.78, 5) is 5.58. The number of aryl methyl sites for hydroxylation is 1. The molecule has 0 saturated heterocycles. The van der Waals surface area contributed by atoms with E-state index < -0.39 is 0 Å². The highest BCUT2D eigenvalue weighted by Crippen LogP contribution is 2.25. The van der Waals surface area contributed by atoms with Crippen LogP contribution in [0.2, 0.25) is 10.0 Å². The van der Waals surface area contributed by atoms with E-state index in [0.29, 0.717) is 38.4 Å². The molecule has 0 bridgehead atoms. The number of benzene rings is 2. The molecule has 26 heavy (non-hydrogen) atoms. The first-order valence-corrected chi connectivity index (χ1v) is 9.05. The molecule has 0 amide bonds. The number of anilines is 1. The molecule has 1 aromatic heterocycles. The van der Waals surface area contributed by atoms with E-state index in [0.717, 1.165) is 4.88 Å². The van der Waals surface area contributed by atoms with Gasteiger partial charge in [0.25, 0.3) is 0 Å². The van der Waals surface area contributed by atoms with Gasteiger partial charge in [-0.05, 0) is 55.5 Å². The second kappa shape index (κ2) is 7.75. The summed E-state index contributed by atoms with van der Waals surface area (Å²) in [5, 5.41) is 21.2. The zero-order chi connectivity index (χ0) is 18.7. The lowest BCUT2D eigenvalue weighted by atomic mass is 10.2. The molecule has 0 aliphatic carbocycles. The summed E-state index contributed by atoms with van der Waals surface area (Å²) in [5.41, 5.74) is 2.23. The Morgan fingerprint density at radius 2 is 1.88 bits per heavy atom. The van der Waals surface area contributed by atoms with Crippen LogP contribution in [0.3, 0.4) is 0 Å². The van der Waals surface area contributed by atoms with Crippen molar-refractivity contribution in [3.05, 3.63) is 74.5 Å². The molecule has 3 aromatic rings. The monoisotopic (exact) mass is 401 g/mol. The van der Waals surface area contributed by atoms with Crippen LogP contribution < -0.4 is 10.8 Å². The molecule has 0 radical (unpaired) electrons. The molecular weight excluding hydrogens is 389 g/mol. The summed E-state index contributed by atoms with van der Waals surface area (Å²) in [6.07, 6.45) is 0. The molecule has 2 N–H and O–H groups in total. The van der Waals surface area contributed by atoms with Gasteiger partial charge in [-0.25, -0.2) is 8.95 Å². The lowest BCUT2D eigenvalue weighted by Crippen LogP contribution is -2.28. The topological polar surface area (TPSA) is 77.0 Å². The number of halogens is 2. The van der Waals surface area contributed by atoms with Crippen molar-refractivity contribution in [2.45, 2.75) is 6.92 Å². The third-order valence-electron chi connectivity index (χ3n) is 3.39. The first-order valence-electron chi connectivity index (χ1n) is 7.52. The highest BCUT2D eigenvalue weighted by molar-refractivity contribution is 7.07. The molecule has 5 nitrogen and oxygen atoms in total. The zero-order valence-electron chi connectivity index (χ0n) is 13.6. The van der Waals surface area contributed by atoms with Crippen molar-refractivity contribution in [3.63, 3.8) is 0 Å². The maximum atomic E-state index is 8.92. The van der Waals surface area contributed by atoms with E-state index in [4.69, 9.17) is 33.9 Å². The summed E-state index contributed by atoms with van der Waals surface area (Å²) < 4.78 is 1.68. The number of nitrogens with one attached hydrogen (secondary N) is 2. The Balaban J connectivity index is 2.05. The Kier molecular flexibility index (Phi) is 5.43. The van der Waals surface area contributed by atoms with Crippen molar-refractivity contribution in [2.75, 3.05) is 5.32 Å². The lowest BCUT2D eigenvalue weighted by Gasteiger charge is -2.11. The first-order chi connectivity index (χ1) is 12.5. The number of nitriles is 1. The van der Waals surface area contributed by atoms with Gasteiger partial charge in [-0.15, -0.1) is 0 Å². The van der Waals surface area contributed by atoms with Crippen LogP contribution in [-0.4, -0.2) is 9.92 Å². The predicted molar refractivity (Wildman–Crippen MR) is 107 cm³/mol. The van der Waals surface area contributed by atoms with Crippen LogP contribution >= 0.6 is 34.7 Å². The van der Waals surface area contributed by atoms with E-state index in [9.17, 15) is 0 Å². The molecule has 0 unspecified atom stereocenters. The Hall–Kier alpha value is -2.59. The summed E-state index contributed by atoms with van der Waals surface area (Å²) >= 11 is 13.5. The van der Waals surface area contributed by atoms with E-state index in [1.54, 1.807) is 52.5 Å². The van der Waals surface area contributed by atoms with Crippen LogP contribution in [0.1, 0.15) is 10.4 Å². The minimum atomic E-state index is 0.312. The zero-order valence-corrected chi connectivity index (χ0v) is 16.0. The van der Waals surface area contributed by atoms with Gasteiger partial charge in [0.05, 0.1) is 27.4 Å². The van der Waals surface area contributed by atoms with Crippen LogP contribution in [0.15, 0.2) is 53.5 Å². The molecule has 0 saturated carbocycles. The number of rotatable bonds is 2. The summed E-state index contributed by atoms with van der Waals surface area (Å²) in [5.74, 6) is 0.455. The number of hydrogen-bond acceptors (Lipinski definition) is 4. The molecule has 1 heterocycles. The molecule has 8 heteroatoms. The average molecular weight is 402 g/mol. The van der Waals surface area contributed by atoms with Gasteiger partial charge in [0, 0.05) is 10.6 Å². The maximum absolute atomic E-state index is 8.92. The molecule has 0 atom stereocenters. The van der Waals surface area contributed by atoms with Gasteiger partial charge in [0.2, 0.25) is 5.96 Å². The van der Waals surface area contributed by atoms with Gasteiger partial charge >= 0.3 is 0 Å². The van der Waals surface area contributed by atoms with Crippen LogP contribution in [0.5, 0.6) is 0 Å². The third-order valence-corrected chi connectivity index (χ3v) is 5.09. The van der Waals surface area contributed by atoms with Gasteiger partial charge in [-0.2, -0.15) is 5.26 Å². The van der Waals surface area contributed by atoms with Gasteiger partial charge in [0.1, 0.15) is 5.49 Å². The standard InChI is InChI=1S/C18H13Cl2N5S/c1-11-8-17(22)25(26-11)18(23-13-4-2-12(10-21)3-5-13)24-14-6-7-15(19)16(20)9-14/h2-9,22H,1H3,(H,23,24). The summed E-state index contributed by atoms with van der Waals surface area (Å²) in [6.45, 7) is 1.93. The SMILES string of the molecule is Cc1cc(=N)n(C(=Nc2ccc(C#N)cc2)Nc2ccc(Cl)c(Cl)c2)s1. The highest BCUT2D eigenvalue weighted by Gasteiger charge is 2.09. The van der Waals surface area contributed by atoms with Crippen molar-refractivity contribution in [1.82, 2.24) is 3.96 Å². The third kappa shape index (κ3) is 4.14. The predicted octanol–water partition coefficient (Wildman–Crippen LogP) is 5.16. The van der Waals surface area contributed by atoms with E-state index in [1.165, 1.54) is 11.5 Å². The highest BCUT2D eigenvalue weighted by atomic mass is 35.5. The van der Waals surface area contributed by atoms with E-state index in [1.807, 2.05) is 6.92 Å². The van der Waals surface area contributed by atoms with Gasteiger partial charge < -0.3 is 5.32 Å². The second-order valence-electron chi connectivity index (χ2n) is 5.37. The Morgan fingerprint density at radius 3 is 2.46 bits per heavy atom. The number of aromatic nitrogens is 1. The minimum Gasteiger partial charge on any atom is -0.325 e. The van der Waals surface area contributed by atoms with Crippen molar-refractivity contribution >= 4 is 52.1 Å². The average Bonchev–Trinajstić information content (AvgIpc) is 2.96. The molecule has 0 aliphatic rings. The number of nitrogens with zero attached hydrogens (tertiary/aromatic N) is 3. The van der Waals surface area contributed by atoms with E-state index in [-0.39, 0.29) is 0 Å². The van der Waals surface area contributed by atoms with Crippen molar-refractivity contribution in [1.29, 1.82) is 10.7 Å². The van der Waals surface area contributed by atoms with Crippen LogP contribution in [-0.2, 0) is 0 Å². The van der Waals surface area contributed by atoms with E-state index in [2.05, 4.69) is 16.4 Å². The molecule has 0 fully saturated rings. The molecule has 2 aromatic carbocycles. The fraction of sp³-hybridized carbons (Fsp3) is 0.0556. The fourth-order valence-corrected chi connectivity index (χ4v) is 3.26. The minimum absolute atomic E-state index is 0.312. The fourth-order valence-electron chi connectivity index (χ4n) is 2.19. The summed E-state index contributed by atoms with van der Waals surface area (Å²) in [6, 6.07) is 15.9. The molecule has 130 valence electrons. The largest absolute Gasteiger partial charge is 0.325 e. The van der Waals surface area contributed by atoms with Gasteiger partial charge in [-0.1, -0.05) is 34.7 Å². The van der Waals surface area contributed by atoms with Crippen LogP contribution in [0.4, 0.5) is 11.4 Å². The summed E-state index contributed by atoms with van der Waals surface area (Å²) in [7, 11) is 0.